The summed E-state index contributed by atoms with van der Waals surface area (Å²) >= 11 is 5.63. The third kappa shape index (κ3) is 3.56. The monoisotopic (exact) mass is 439 g/mol. The average molecular weight is 440 g/mol. The van der Waals surface area contributed by atoms with E-state index >= 15 is 0 Å². The highest BCUT2D eigenvalue weighted by molar-refractivity contribution is 7.80. The van der Waals surface area contributed by atoms with E-state index in [4.69, 9.17) is 17.0 Å². The first-order valence-corrected chi connectivity index (χ1v) is 12.0. The molecule has 4 rings (SSSR count). The van der Waals surface area contributed by atoms with Crippen LogP contribution in [0.25, 0.3) is 17.2 Å². The molecule has 3 aromatic rings. The fraction of sp³-hybridized carbons (Fsp3) is 0.217. The Hall–Kier alpha value is -2.28. The second kappa shape index (κ2) is 7.86. The summed E-state index contributed by atoms with van der Waals surface area (Å²) in [5.74, 6) is 0.684. The van der Waals surface area contributed by atoms with Crippen LogP contribution in [0.5, 0.6) is 5.75 Å². The molecule has 1 amide bonds. The second-order valence-corrected chi connectivity index (χ2v) is 10.1. The van der Waals surface area contributed by atoms with Crippen LogP contribution in [0.15, 0.2) is 54.6 Å². The van der Waals surface area contributed by atoms with Gasteiger partial charge in [0.15, 0.2) is 0 Å². The normalized spacial score (nSPS) is 14.5. The Balaban J connectivity index is 1.85. The molecule has 0 atom stereocenters. The zero-order chi connectivity index (χ0) is 20.6. The number of hydrogen-bond acceptors (Lipinski definition) is 5. The lowest BCUT2D eigenvalue weighted by Gasteiger charge is -2.42. The van der Waals surface area contributed by atoms with Crippen molar-refractivity contribution in [1.29, 1.82) is 0 Å². The van der Waals surface area contributed by atoms with Gasteiger partial charge in [0.2, 0.25) is 0 Å². The summed E-state index contributed by atoms with van der Waals surface area (Å²) in [6.07, 6.45) is 3.50. The van der Waals surface area contributed by atoms with Crippen LogP contribution in [0.1, 0.15) is 31.2 Å². The highest BCUT2D eigenvalue weighted by Gasteiger charge is 2.42. The first-order chi connectivity index (χ1) is 13.9. The largest absolute Gasteiger partial charge is 0.494 e. The molecule has 3 nitrogen and oxygen atoms in total. The van der Waals surface area contributed by atoms with Gasteiger partial charge in [-0.3, -0.25) is 9.69 Å². The molecule has 0 saturated heterocycles. The van der Waals surface area contributed by atoms with Gasteiger partial charge in [-0.25, -0.2) is 0 Å². The Morgan fingerprint density at radius 2 is 1.93 bits per heavy atom. The van der Waals surface area contributed by atoms with Crippen molar-refractivity contribution in [3.8, 4) is 16.9 Å². The van der Waals surface area contributed by atoms with Crippen LogP contribution >= 0.6 is 32.9 Å². The highest BCUT2D eigenvalue weighted by atomic mass is 32.9. The summed E-state index contributed by atoms with van der Waals surface area (Å²) in [5.41, 5.74) is 3.39. The van der Waals surface area contributed by atoms with Crippen LogP contribution in [0, 0.1) is 3.82 Å². The summed E-state index contributed by atoms with van der Waals surface area (Å²) in [5, 5.41) is 0. The number of carbonyl (C=O) groups excluding carboxylic acids is 1. The Bertz CT molecular complexity index is 1140. The third-order valence-corrected chi connectivity index (χ3v) is 8.31. The van der Waals surface area contributed by atoms with Gasteiger partial charge in [-0.1, -0.05) is 63.2 Å². The standard InChI is InChI=1S/C23H21NO2S3/c1-4-26-16-11-12-17-18(14-16)24(19(25)13-10-15-8-6-5-7-9-15)23(2,3)21-20(17)22(27)29-28-21/h5-14H,4H2,1-3H3/b13-10+. The topological polar surface area (TPSA) is 29.5 Å². The molecule has 1 aliphatic rings. The van der Waals surface area contributed by atoms with Crippen molar-refractivity contribution in [2.75, 3.05) is 11.5 Å². The van der Waals surface area contributed by atoms with Gasteiger partial charge in [-0.15, -0.1) is 0 Å². The molecule has 0 saturated carbocycles. The van der Waals surface area contributed by atoms with Crippen LogP contribution in [0.3, 0.4) is 0 Å². The molecule has 0 aliphatic carbocycles. The fourth-order valence-electron chi connectivity index (χ4n) is 3.66. The molecule has 1 aliphatic heterocycles. The van der Waals surface area contributed by atoms with Gasteiger partial charge in [0.1, 0.15) is 9.57 Å². The molecule has 0 fully saturated rings. The summed E-state index contributed by atoms with van der Waals surface area (Å²) in [6.45, 7) is 6.68. The van der Waals surface area contributed by atoms with Crippen molar-refractivity contribution in [3.05, 3.63) is 68.9 Å². The highest BCUT2D eigenvalue weighted by Crippen LogP contribution is 2.52. The molecule has 1 aromatic heterocycles. The molecular formula is C23H21NO2S3. The summed E-state index contributed by atoms with van der Waals surface area (Å²) in [4.78, 5) is 16.4. The SMILES string of the molecule is CCOc1ccc2c(c1)N(C(=O)/C=C/c1ccccc1)C(C)(C)c1ssc(=S)c1-2. The molecule has 6 heteroatoms. The van der Waals surface area contributed by atoms with Crippen molar-refractivity contribution < 1.29 is 9.53 Å². The Labute approximate surface area is 183 Å². The molecule has 29 heavy (non-hydrogen) atoms. The number of amides is 1. The van der Waals surface area contributed by atoms with E-state index in [1.807, 2.05) is 66.4 Å². The lowest BCUT2D eigenvalue weighted by Crippen LogP contribution is -2.47. The number of fused-ring (bicyclic) bond motifs is 3. The summed E-state index contributed by atoms with van der Waals surface area (Å²) < 4.78 is 6.59. The van der Waals surface area contributed by atoms with Crippen LogP contribution in [-0.4, -0.2) is 12.5 Å². The van der Waals surface area contributed by atoms with Crippen LogP contribution in [-0.2, 0) is 10.3 Å². The minimum absolute atomic E-state index is 0.0660. The number of carbonyl (C=O) groups is 1. The number of anilines is 1. The van der Waals surface area contributed by atoms with Crippen molar-refractivity contribution >= 4 is 50.6 Å². The van der Waals surface area contributed by atoms with E-state index in [0.717, 1.165) is 36.8 Å². The quantitative estimate of drug-likeness (QED) is 0.252. The summed E-state index contributed by atoms with van der Waals surface area (Å²) in [7, 11) is 3.25. The maximum Gasteiger partial charge on any atom is 0.251 e. The van der Waals surface area contributed by atoms with Crippen LogP contribution < -0.4 is 9.64 Å². The fourth-order valence-corrected chi connectivity index (χ4v) is 6.94. The van der Waals surface area contributed by atoms with Gasteiger partial charge in [-0.05, 0) is 44.5 Å². The zero-order valence-electron chi connectivity index (χ0n) is 16.5. The molecule has 0 bridgehead atoms. The molecule has 0 spiro atoms. The van der Waals surface area contributed by atoms with E-state index in [9.17, 15) is 4.79 Å². The van der Waals surface area contributed by atoms with Gasteiger partial charge < -0.3 is 4.74 Å². The number of rotatable bonds is 4. The van der Waals surface area contributed by atoms with Crippen molar-refractivity contribution in [1.82, 2.24) is 0 Å². The number of ether oxygens (including phenoxy) is 1. The molecule has 2 aromatic carbocycles. The zero-order valence-corrected chi connectivity index (χ0v) is 18.9. The minimum Gasteiger partial charge on any atom is -0.494 e. The Morgan fingerprint density at radius 3 is 2.66 bits per heavy atom. The Kier molecular flexibility index (Phi) is 5.42. The molecule has 2 heterocycles. The van der Waals surface area contributed by atoms with Crippen LogP contribution in [0.2, 0.25) is 0 Å². The van der Waals surface area contributed by atoms with Crippen molar-refractivity contribution in [2.45, 2.75) is 26.3 Å². The second-order valence-electron chi connectivity index (χ2n) is 7.25. The lowest BCUT2D eigenvalue weighted by molar-refractivity contribution is -0.115. The molecule has 0 radical (unpaired) electrons. The number of hydrogen-bond donors (Lipinski definition) is 0. The first kappa shape index (κ1) is 20.0. The average Bonchev–Trinajstić information content (AvgIpc) is 3.10. The van der Waals surface area contributed by atoms with E-state index in [0.29, 0.717) is 6.61 Å². The van der Waals surface area contributed by atoms with Crippen molar-refractivity contribution in [3.63, 3.8) is 0 Å². The summed E-state index contributed by atoms with van der Waals surface area (Å²) in [6, 6.07) is 15.8. The first-order valence-electron chi connectivity index (χ1n) is 9.41. The van der Waals surface area contributed by atoms with Gasteiger partial charge >= 0.3 is 0 Å². The van der Waals surface area contributed by atoms with E-state index in [1.54, 1.807) is 26.8 Å². The lowest BCUT2D eigenvalue weighted by atomic mass is 9.87. The van der Waals surface area contributed by atoms with Gasteiger partial charge in [-0.2, -0.15) is 0 Å². The molecular weight excluding hydrogens is 418 g/mol. The molecule has 0 N–H and O–H groups in total. The smallest absolute Gasteiger partial charge is 0.251 e. The Morgan fingerprint density at radius 1 is 1.17 bits per heavy atom. The maximum absolute atomic E-state index is 13.4. The maximum atomic E-state index is 13.4. The number of nitrogens with zero attached hydrogens (tertiary/aromatic N) is 1. The predicted octanol–water partition coefficient (Wildman–Crippen LogP) is 6.90. The molecule has 0 unspecified atom stereocenters. The van der Waals surface area contributed by atoms with Gasteiger partial charge in [0, 0.05) is 23.3 Å². The van der Waals surface area contributed by atoms with Crippen molar-refractivity contribution in [2.24, 2.45) is 0 Å². The van der Waals surface area contributed by atoms with E-state index in [-0.39, 0.29) is 5.91 Å². The van der Waals surface area contributed by atoms with Crippen LogP contribution in [0.4, 0.5) is 5.69 Å². The minimum atomic E-state index is -0.510. The predicted molar refractivity (Wildman–Crippen MR) is 126 cm³/mol. The van der Waals surface area contributed by atoms with Gasteiger partial charge in [0.05, 0.1) is 22.7 Å². The number of benzene rings is 2. The van der Waals surface area contributed by atoms with E-state index in [2.05, 4.69) is 13.8 Å². The van der Waals surface area contributed by atoms with E-state index in [1.165, 1.54) is 0 Å². The third-order valence-electron chi connectivity index (χ3n) is 4.98. The van der Waals surface area contributed by atoms with E-state index < -0.39 is 5.54 Å². The van der Waals surface area contributed by atoms with Gasteiger partial charge in [0.25, 0.3) is 5.91 Å². The molecule has 148 valence electrons.